The molecular weight excluding hydrogens is 324 g/mol. The minimum Gasteiger partial charge on any atom is -0.356 e. The number of amides is 1. The van der Waals surface area contributed by atoms with Gasteiger partial charge in [-0.05, 0) is 37.0 Å². The highest BCUT2D eigenvalue weighted by molar-refractivity contribution is 6.32. The maximum Gasteiger partial charge on any atom is 0.249 e. The van der Waals surface area contributed by atoms with Gasteiger partial charge in [-0.25, -0.2) is 9.97 Å². The van der Waals surface area contributed by atoms with Gasteiger partial charge in [-0.1, -0.05) is 29.8 Å². The van der Waals surface area contributed by atoms with Gasteiger partial charge in [-0.15, -0.1) is 0 Å². The Kier molecular flexibility index (Phi) is 5.43. The lowest BCUT2D eigenvalue weighted by atomic mass is 10.1. The smallest absolute Gasteiger partial charge is 0.249 e. The molecule has 1 N–H and O–H groups in total. The molecule has 0 atom stereocenters. The van der Waals surface area contributed by atoms with Crippen LogP contribution in [0.25, 0.3) is 6.08 Å². The molecule has 24 heavy (non-hydrogen) atoms. The Balaban J connectivity index is 1.65. The Morgan fingerprint density at radius 1 is 1.17 bits per heavy atom. The Labute approximate surface area is 146 Å². The molecule has 6 heteroatoms. The van der Waals surface area contributed by atoms with Crippen molar-refractivity contribution in [3.63, 3.8) is 0 Å². The van der Waals surface area contributed by atoms with Crippen LogP contribution in [0.1, 0.15) is 24.8 Å². The van der Waals surface area contributed by atoms with Crippen molar-refractivity contribution in [1.82, 2.24) is 9.97 Å². The molecule has 0 saturated carbocycles. The standard InChI is InChI=1S/C18H19ClN4O/c19-15-7-3-2-6-14(15)8-9-18(24)22-16-12-17(21-13-20-16)23-10-4-1-5-11-23/h2-3,6-9,12-13H,1,4-5,10-11H2,(H,20,21,22,24)/b9-8+. The fourth-order valence-electron chi connectivity index (χ4n) is 2.65. The normalized spacial score (nSPS) is 14.8. The highest BCUT2D eigenvalue weighted by Gasteiger charge is 2.13. The molecule has 0 bridgehead atoms. The molecule has 1 aromatic carbocycles. The molecule has 2 heterocycles. The minimum atomic E-state index is -0.252. The number of hydrogen-bond acceptors (Lipinski definition) is 4. The summed E-state index contributed by atoms with van der Waals surface area (Å²) in [6.45, 7) is 1.99. The van der Waals surface area contributed by atoms with Crippen molar-refractivity contribution in [3.05, 3.63) is 53.3 Å². The Morgan fingerprint density at radius 3 is 2.75 bits per heavy atom. The third-order valence-corrected chi connectivity index (χ3v) is 4.25. The molecule has 2 aromatic rings. The molecule has 1 aliphatic rings. The van der Waals surface area contributed by atoms with Crippen LogP contribution in [0, 0.1) is 0 Å². The second-order valence-electron chi connectivity index (χ2n) is 5.65. The van der Waals surface area contributed by atoms with Crippen molar-refractivity contribution in [2.75, 3.05) is 23.3 Å². The van der Waals surface area contributed by atoms with E-state index in [1.54, 1.807) is 12.1 Å². The molecule has 5 nitrogen and oxygen atoms in total. The van der Waals surface area contributed by atoms with Crippen molar-refractivity contribution in [2.24, 2.45) is 0 Å². The number of anilines is 2. The number of hydrogen-bond donors (Lipinski definition) is 1. The highest BCUT2D eigenvalue weighted by Crippen LogP contribution is 2.19. The quantitative estimate of drug-likeness (QED) is 0.859. The summed E-state index contributed by atoms with van der Waals surface area (Å²) in [4.78, 5) is 22.7. The van der Waals surface area contributed by atoms with Crippen LogP contribution in [-0.4, -0.2) is 29.0 Å². The first-order chi connectivity index (χ1) is 11.7. The van der Waals surface area contributed by atoms with Gasteiger partial charge in [0.25, 0.3) is 0 Å². The van der Waals surface area contributed by atoms with Crippen LogP contribution >= 0.6 is 11.6 Å². The van der Waals surface area contributed by atoms with E-state index in [0.717, 1.165) is 24.5 Å². The molecular formula is C18H19ClN4O. The van der Waals surface area contributed by atoms with Crippen LogP contribution < -0.4 is 10.2 Å². The van der Waals surface area contributed by atoms with E-state index in [9.17, 15) is 4.79 Å². The van der Waals surface area contributed by atoms with Crippen LogP contribution in [0.3, 0.4) is 0 Å². The van der Waals surface area contributed by atoms with Gasteiger partial charge >= 0.3 is 0 Å². The monoisotopic (exact) mass is 342 g/mol. The zero-order valence-corrected chi connectivity index (χ0v) is 14.0. The maximum atomic E-state index is 12.1. The number of rotatable bonds is 4. The summed E-state index contributed by atoms with van der Waals surface area (Å²) in [5, 5.41) is 3.37. The zero-order valence-electron chi connectivity index (χ0n) is 13.3. The lowest BCUT2D eigenvalue weighted by Crippen LogP contribution is -2.30. The summed E-state index contributed by atoms with van der Waals surface area (Å²) in [6.07, 6.45) is 8.22. The summed E-state index contributed by atoms with van der Waals surface area (Å²) in [6, 6.07) is 9.17. The van der Waals surface area contributed by atoms with Gasteiger partial charge in [0.2, 0.25) is 5.91 Å². The summed E-state index contributed by atoms with van der Waals surface area (Å²) in [5.74, 6) is 1.10. The van der Waals surface area contributed by atoms with E-state index in [2.05, 4.69) is 20.2 Å². The van der Waals surface area contributed by atoms with Crippen LogP contribution in [0.4, 0.5) is 11.6 Å². The van der Waals surface area contributed by atoms with Gasteiger partial charge in [0, 0.05) is 30.3 Å². The molecule has 1 saturated heterocycles. The van der Waals surface area contributed by atoms with E-state index in [4.69, 9.17) is 11.6 Å². The van der Waals surface area contributed by atoms with Gasteiger partial charge in [0.05, 0.1) is 0 Å². The van der Waals surface area contributed by atoms with Crippen LogP contribution in [0.5, 0.6) is 0 Å². The topological polar surface area (TPSA) is 58.1 Å². The summed E-state index contributed by atoms with van der Waals surface area (Å²) in [5.41, 5.74) is 0.797. The van der Waals surface area contributed by atoms with E-state index in [1.165, 1.54) is 31.7 Å². The lowest BCUT2D eigenvalue weighted by molar-refractivity contribution is -0.111. The first kappa shape index (κ1) is 16.5. The fraction of sp³-hybridized carbons (Fsp3) is 0.278. The summed E-state index contributed by atoms with van der Waals surface area (Å²) >= 11 is 6.07. The molecule has 1 amide bonds. The van der Waals surface area contributed by atoms with Crippen molar-refractivity contribution >= 4 is 35.2 Å². The molecule has 1 aliphatic heterocycles. The second-order valence-corrected chi connectivity index (χ2v) is 6.06. The van der Waals surface area contributed by atoms with E-state index >= 15 is 0 Å². The van der Waals surface area contributed by atoms with Gasteiger partial charge in [0.1, 0.15) is 18.0 Å². The fourth-order valence-corrected chi connectivity index (χ4v) is 2.85. The van der Waals surface area contributed by atoms with Gasteiger partial charge in [-0.2, -0.15) is 0 Å². The highest BCUT2D eigenvalue weighted by atomic mass is 35.5. The molecule has 3 rings (SSSR count). The number of aromatic nitrogens is 2. The van der Waals surface area contributed by atoms with Crippen LogP contribution in [0.2, 0.25) is 5.02 Å². The molecule has 0 unspecified atom stereocenters. The molecule has 0 spiro atoms. The average Bonchev–Trinajstić information content (AvgIpc) is 2.62. The van der Waals surface area contributed by atoms with Gasteiger partial charge in [-0.3, -0.25) is 4.79 Å². The minimum absolute atomic E-state index is 0.252. The summed E-state index contributed by atoms with van der Waals surface area (Å²) < 4.78 is 0. The number of carbonyl (C=O) groups excluding carboxylic acids is 1. The third-order valence-electron chi connectivity index (χ3n) is 3.90. The predicted octanol–water partition coefficient (Wildman–Crippen LogP) is 3.77. The zero-order chi connectivity index (χ0) is 16.8. The van der Waals surface area contributed by atoms with E-state index in [1.807, 2.05) is 24.3 Å². The number of halogens is 1. The van der Waals surface area contributed by atoms with E-state index in [-0.39, 0.29) is 5.91 Å². The Hall–Kier alpha value is -2.40. The molecule has 1 fully saturated rings. The van der Waals surface area contributed by atoms with Crippen LogP contribution in [0.15, 0.2) is 42.7 Å². The molecule has 1 aromatic heterocycles. The molecule has 0 radical (unpaired) electrons. The third kappa shape index (κ3) is 4.32. The number of carbonyl (C=O) groups is 1. The van der Waals surface area contributed by atoms with Crippen molar-refractivity contribution < 1.29 is 4.79 Å². The number of nitrogens with one attached hydrogen (secondary N) is 1. The van der Waals surface area contributed by atoms with Crippen molar-refractivity contribution in [1.29, 1.82) is 0 Å². The largest absolute Gasteiger partial charge is 0.356 e. The molecule has 0 aliphatic carbocycles. The van der Waals surface area contributed by atoms with Gasteiger partial charge in [0.15, 0.2) is 0 Å². The van der Waals surface area contributed by atoms with E-state index < -0.39 is 0 Å². The van der Waals surface area contributed by atoms with Gasteiger partial charge < -0.3 is 10.2 Å². The van der Waals surface area contributed by atoms with Crippen molar-refractivity contribution in [3.8, 4) is 0 Å². The predicted molar refractivity (Wildman–Crippen MR) is 97.2 cm³/mol. The lowest BCUT2D eigenvalue weighted by Gasteiger charge is -2.27. The molecule has 124 valence electrons. The SMILES string of the molecule is O=C(/C=C/c1ccccc1Cl)Nc1cc(N2CCCCC2)ncn1. The first-order valence-electron chi connectivity index (χ1n) is 8.03. The Morgan fingerprint density at radius 2 is 1.96 bits per heavy atom. The van der Waals surface area contributed by atoms with E-state index in [0.29, 0.717) is 10.8 Å². The maximum absolute atomic E-state index is 12.1. The number of nitrogens with zero attached hydrogens (tertiary/aromatic N) is 3. The second kappa shape index (κ2) is 7.93. The van der Waals surface area contributed by atoms with Crippen LogP contribution in [-0.2, 0) is 4.79 Å². The van der Waals surface area contributed by atoms with Crippen molar-refractivity contribution in [2.45, 2.75) is 19.3 Å². The number of piperidine rings is 1. The Bertz CT molecular complexity index is 741. The average molecular weight is 343 g/mol. The first-order valence-corrected chi connectivity index (χ1v) is 8.41. The summed E-state index contributed by atoms with van der Waals surface area (Å²) in [7, 11) is 0. The number of benzene rings is 1.